The molecule has 0 unspecified atom stereocenters. The predicted molar refractivity (Wildman–Crippen MR) is 70.8 cm³/mol. The summed E-state index contributed by atoms with van der Waals surface area (Å²) in [6.45, 7) is 4.98. The minimum atomic E-state index is -4.62. The molecule has 0 aromatic carbocycles. The first-order valence-electron chi connectivity index (χ1n) is 5.99. The van der Waals surface area contributed by atoms with Crippen molar-refractivity contribution < 1.29 is 17.9 Å². The van der Waals surface area contributed by atoms with E-state index in [1.165, 1.54) is 6.07 Å². The van der Waals surface area contributed by atoms with E-state index in [4.69, 9.17) is 16.3 Å². The lowest BCUT2D eigenvalue weighted by Gasteiger charge is -2.25. The maximum Gasteiger partial charge on any atom is 0.451 e. The zero-order valence-electron chi connectivity index (χ0n) is 11.5. The van der Waals surface area contributed by atoms with Gasteiger partial charge >= 0.3 is 6.18 Å². The lowest BCUT2D eigenvalue weighted by atomic mass is 9.90. The van der Waals surface area contributed by atoms with Crippen LogP contribution >= 0.6 is 11.6 Å². The second kappa shape index (κ2) is 6.58. The molecule has 0 aliphatic heterocycles. The number of aromatic nitrogens is 2. The van der Waals surface area contributed by atoms with Crippen LogP contribution in [0.2, 0.25) is 5.15 Å². The average molecular weight is 312 g/mol. The Bertz CT molecular complexity index is 452. The van der Waals surface area contributed by atoms with E-state index in [9.17, 15) is 13.2 Å². The van der Waals surface area contributed by atoms with Crippen LogP contribution in [-0.2, 0) is 10.9 Å². The van der Waals surface area contributed by atoms with Gasteiger partial charge in [-0.05, 0) is 11.8 Å². The minimum absolute atomic E-state index is 0.0582. The molecule has 0 amide bonds. The Hall–Kier alpha value is -1.08. The molecule has 1 N–H and O–H groups in total. The molecule has 0 radical (unpaired) electrons. The molecule has 4 nitrogen and oxygen atoms in total. The fraction of sp³-hybridized carbons (Fsp3) is 0.667. The molecule has 1 rings (SSSR count). The van der Waals surface area contributed by atoms with Gasteiger partial charge < -0.3 is 10.1 Å². The van der Waals surface area contributed by atoms with Crippen molar-refractivity contribution >= 4 is 17.4 Å². The maximum absolute atomic E-state index is 12.6. The lowest BCUT2D eigenvalue weighted by Crippen LogP contribution is -2.25. The summed E-state index contributed by atoms with van der Waals surface area (Å²) < 4.78 is 42.7. The van der Waals surface area contributed by atoms with E-state index in [2.05, 4.69) is 15.3 Å². The van der Waals surface area contributed by atoms with E-state index in [0.29, 0.717) is 13.2 Å². The van der Waals surface area contributed by atoms with Crippen molar-refractivity contribution in [3.63, 3.8) is 0 Å². The molecule has 0 aliphatic carbocycles. The second-order valence-electron chi connectivity index (χ2n) is 5.16. The molecular formula is C12H17ClF3N3O. The van der Waals surface area contributed by atoms with Gasteiger partial charge in [-0.1, -0.05) is 25.4 Å². The van der Waals surface area contributed by atoms with Gasteiger partial charge in [0, 0.05) is 26.3 Å². The minimum Gasteiger partial charge on any atom is -0.385 e. The van der Waals surface area contributed by atoms with Crippen LogP contribution in [0.4, 0.5) is 19.0 Å². The zero-order chi connectivity index (χ0) is 15.4. The summed E-state index contributed by atoms with van der Waals surface area (Å²) in [6.07, 6.45) is -3.85. The smallest absolute Gasteiger partial charge is 0.385 e. The molecule has 8 heteroatoms. The van der Waals surface area contributed by atoms with Gasteiger partial charge in [-0.3, -0.25) is 0 Å². The van der Waals surface area contributed by atoms with Crippen LogP contribution in [-0.4, -0.2) is 30.2 Å². The highest BCUT2D eigenvalue weighted by atomic mass is 35.5. The third-order valence-electron chi connectivity index (χ3n) is 2.68. The van der Waals surface area contributed by atoms with Crippen molar-refractivity contribution in [1.82, 2.24) is 9.97 Å². The number of hydrogen-bond donors (Lipinski definition) is 1. The molecule has 1 aromatic heterocycles. The first kappa shape index (κ1) is 17.0. The van der Waals surface area contributed by atoms with Crippen molar-refractivity contribution in [3.05, 3.63) is 17.0 Å². The molecule has 0 bridgehead atoms. The Kier molecular flexibility index (Phi) is 5.59. The van der Waals surface area contributed by atoms with E-state index in [0.717, 1.165) is 6.42 Å². The molecule has 0 spiro atoms. The molecule has 1 aromatic rings. The standard InChI is InChI=1S/C12H17ClF3N3O/c1-11(2,4-5-20-3)7-17-9-6-8(13)18-10(19-9)12(14,15)16/h6H,4-5,7H2,1-3H3,(H,17,18,19). The lowest BCUT2D eigenvalue weighted by molar-refractivity contribution is -0.144. The van der Waals surface area contributed by atoms with Gasteiger partial charge in [0.15, 0.2) is 0 Å². The third-order valence-corrected chi connectivity index (χ3v) is 2.87. The Labute approximate surface area is 120 Å². The highest BCUT2D eigenvalue weighted by Gasteiger charge is 2.35. The van der Waals surface area contributed by atoms with Crippen LogP contribution in [0.3, 0.4) is 0 Å². The van der Waals surface area contributed by atoms with E-state index in [-0.39, 0.29) is 16.4 Å². The van der Waals surface area contributed by atoms with E-state index in [1.807, 2.05) is 13.8 Å². The van der Waals surface area contributed by atoms with Crippen molar-refractivity contribution in [2.75, 3.05) is 25.6 Å². The molecular weight excluding hydrogens is 295 g/mol. The largest absolute Gasteiger partial charge is 0.451 e. The van der Waals surface area contributed by atoms with Crippen LogP contribution in [0.1, 0.15) is 26.1 Å². The number of nitrogens with one attached hydrogen (secondary N) is 1. The van der Waals surface area contributed by atoms with E-state index < -0.39 is 12.0 Å². The highest BCUT2D eigenvalue weighted by Crippen LogP contribution is 2.28. The van der Waals surface area contributed by atoms with Gasteiger partial charge in [0.05, 0.1) is 0 Å². The fourth-order valence-electron chi connectivity index (χ4n) is 1.43. The van der Waals surface area contributed by atoms with Crippen molar-refractivity contribution in [2.24, 2.45) is 5.41 Å². The van der Waals surface area contributed by atoms with E-state index in [1.54, 1.807) is 7.11 Å². The van der Waals surface area contributed by atoms with Crippen LogP contribution in [0.15, 0.2) is 6.07 Å². The number of methoxy groups -OCH3 is 1. The zero-order valence-corrected chi connectivity index (χ0v) is 12.3. The summed E-state index contributed by atoms with van der Waals surface area (Å²) in [4.78, 5) is 6.59. The topological polar surface area (TPSA) is 47.0 Å². The number of alkyl halides is 3. The molecule has 0 fully saturated rings. The fourth-order valence-corrected chi connectivity index (χ4v) is 1.61. The summed E-state index contributed by atoms with van der Waals surface area (Å²) in [5, 5.41) is 2.61. The summed E-state index contributed by atoms with van der Waals surface area (Å²) >= 11 is 5.58. The third kappa shape index (κ3) is 5.50. The molecule has 114 valence electrons. The normalized spacial score (nSPS) is 12.6. The Morgan fingerprint density at radius 2 is 1.95 bits per heavy atom. The van der Waals surface area contributed by atoms with E-state index >= 15 is 0 Å². The number of hydrogen-bond acceptors (Lipinski definition) is 4. The Morgan fingerprint density at radius 3 is 2.50 bits per heavy atom. The first-order valence-corrected chi connectivity index (χ1v) is 6.36. The SMILES string of the molecule is COCCC(C)(C)CNc1cc(Cl)nc(C(F)(F)F)n1. The monoisotopic (exact) mass is 311 g/mol. The van der Waals surface area contributed by atoms with Crippen LogP contribution in [0.5, 0.6) is 0 Å². The molecule has 1 heterocycles. The van der Waals surface area contributed by atoms with Crippen LogP contribution in [0, 0.1) is 5.41 Å². The number of halogens is 4. The highest BCUT2D eigenvalue weighted by molar-refractivity contribution is 6.29. The van der Waals surface area contributed by atoms with Gasteiger partial charge in [-0.15, -0.1) is 0 Å². The number of rotatable bonds is 6. The summed E-state index contributed by atoms with van der Waals surface area (Å²) in [5.41, 5.74) is -0.147. The number of nitrogens with zero attached hydrogens (tertiary/aromatic N) is 2. The predicted octanol–water partition coefficient (Wildman–Crippen LogP) is 3.62. The van der Waals surface area contributed by atoms with Crippen LogP contribution in [0.25, 0.3) is 0 Å². The first-order chi connectivity index (χ1) is 9.14. The average Bonchev–Trinajstić information content (AvgIpc) is 2.32. The van der Waals surface area contributed by atoms with Gasteiger partial charge in [0.1, 0.15) is 11.0 Å². The van der Waals surface area contributed by atoms with Crippen molar-refractivity contribution in [1.29, 1.82) is 0 Å². The number of anilines is 1. The van der Waals surface area contributed by atoms with Gasteiger partial charge in [-0.2, -0.15) is 13.2 Å². The summed E-state index contributed by atoms with van der Waals surface area (Å²) in [5.74, 6) is -1.19. The maximum atomic E-state index is 12.6. The Balaban J connectivity index is 2.76. The molecule has 0 atom stereocenters. The summed E-state index contributed by atoms with van der Waals surface area (Å²) in [7, 11) is 1.60. The molecule has 0 aliphatic rings. The molecule has 0 saturated carbocycles. The van der Waals surface area contributed by atoms with Crippen molar-refractivity contribution in [2.45, 2.75) is 26.4 Å². The summed E-state index contributed by atoms with van der Waals surface area (Å²) in [6, 6.07) is 1.27. The second-order valence-corrected chi connectivity index (χ2v) is 5.55. The van der Waals surface area contributed by atoms with Gasteiger partial charge in [0.2, 0.25) is 5.82 Å². The van der Waals surface area contributed by atoms with Crippen molar-refractivity contribution in [3.8, 4) is 0 Å². The molecule has 20 heavy (non-hydrogen) atoms. The quantitative estimate of drug-likeness (QED) is 0.815. The van der Waals surface area contributed by atoms with Crippen LogP contribution < -0.4 is 5.32 Å². The number of ether oxygens (including phenoxy) is 1. The molecule has 0 saturated heterocycles. The van der Waals surface area contributed by atoms with Gasteiger partial charge in [-0.25, -0.2) is 9.97 Å². The Morgan fingerprint density at radius 1 is 1.30 bits per heavy atom. The van der Waals surface area contributed by atoms with Gasteiger partial charge in [0.25, 0.3) is 0 Å².